The number of rotatable bonds is 7. The van der Waals surface area contributed by atoms with Gasteiger partial charge in [0.05, 0.1) is 6.61 Å². The fourth-order valence-corrected chi connectivity index (χ4v) is 1.74. The van der Waals surface area contributed by atoms with Crippen LogP contribution in [0.3, 0.4) is 0 Å². The van der Waals surface area contributed by atoms with Gasteiger partial charge in [0.1, 0.15) is 5.82 Å². The quantitative estimate of drug-likeness (QED) is 0.777. The summed E-state index contributed by atoms with van der Waals surface area (Å²) in [5, 5.41) is 9.11. The van der Waals surface area contributed by atoms with Gasteiger partial charge in [-0.2, -0.15) is 0 Å². The molecule has 1 heterocycles. The minimum Gasteiger partial charge on any atom is -0.392 e. The molecule has 0 fully saturated rings. The van der Waals surface area contributed by atoms with E-state index in [1.165, 1.54) is 0 Å². The highest BCUT2D eigenvalue weighted by atomic mass is 16.3. The van der Waals surface area contributed by atoms with Crippen molar-refractivity contribution in [3.8, 4) is 0 Å². The number of hydrogen-bond acceptors (Lipinski definition) is 4. The summed E-state index contributed by atoms with van der Waals surface area (Å²) >= 11 is 0. The third-order valence-electron chi connectivity index (χ3n) is 2.73. The Labute approximate surface area is 104 Å². The Kier molecular flexibility index (Phi) is 5.94. The van der Waals surface area contributed by atoms with Gasteiger partial charge in [0, 0.05) is 19.3 Å². The second-order valence-electron chi connectivity index (χ2n) is 4.42. The summed E-state index contributed by atoms with van der Waals surface area (Å²) in [4.78, 5) is 8.78. The second kappa shape index (κ2) is 7.25. The lowest BCUT2D eigenvalue weighted by Gasteiger charge is -2.23. The Morgan fingerprint density at radius 3 is 2.65 bits per heavy atom. The average Bonchev–Trinajstić information content (AvgIpc) is 2.34. The maximum Gasteiger partial charge on any atom is 0.128 e. The van der Waals surface area contributed by atoms with Crippen LogP contribution in [0.2, 0.25) is 0 Å². The van der Waals surface area contributed by atoms with E-state index >= 15 is 0 Å². The van der Waals surface area contributed by atoms with Crippen molar-refractivity contribution in [2.24, 2.45) is 0 Å². The lowest BCUT2D eigenvalue weighted by atomic mass is 10.2. The summed E-state index contributed by atoms with van der Waals surface area (Å²) in [6, 6.07) is 3.80. The number of aliphatic hydroxyl groups excluding tert-OH is 1. The lowest BCUT2D eigenvalue weighted by molar-refractivity contribution is 0.281. The molecule has 0 radical (unpaired) electrons. The van der Waals surface area contributed by atoms with Crippen LogP contribution in [0.25, 0.3) is 0 Å². The summed E-state index contributed by atoms with van der Waals surface area (Å²) in [5.41, 5.74) is 0.918. The van der Waals surface area contributed by atoms with E-state index in [-0.39, 0.29) is 6.61 Å². The monoisotopic (exact) mass is 237 g/mol. The molecule has 17 heavy (non-hydrogen) atoms. The minimum absolute atomic E-state index is 0.0742. The number of nitrogens with zero attached hydrogens (tertiary/aromatic N) is 3. The van der Waals surface area contributed by atoms with Gasteiger partial charge >= 0.3 is 0 Å². The van der Waals surface area contributed by atoms with Gasteiger partial charge in [0.2, 0.25) is 0 Å². The molecule has 0 saturated heterocycles. The van der Waals surface area contributed by atoms with Gasteiger partial charge in [0.15, 0.2) is 0 Å². The zero-order valence-corrected chi connectivity index (χ0v) is 11.1. The molecule has 96 valence electrons. The molecule has 1 rings (SSSR count). The van der Waals surface area contributed by atoms with E-state index in [0.717, 1.165) is 37.4 Å². The zero-order valence-electron chi connectivity index (χ0n) is 11.1. The third kappa shape index (κ3) is 4.71. The van der Waals surface area contributed by atoms with Crippen LogP contribution in [0.5, 0.6) is 0 Å². The van der Waals surface area contributed by atoms with Gasteiger partial charge in [-0.15, -0.1) is 0 Å². The molecule has 1 aromatic rings. The molecule has 0 spiro atoms. The Bertz CT molecular complexity index is 328. The van der Waals surface area contributed by atoms with Crippen molar-refractivity contribution in [1.29, 1.82) is 0 Å². The summed E-state index contributed by atoms with van der Waals surface area (Å²) in [6.45, 7) is 5.22. The van der Waals surface area contributed by atoms with Crippen LogP contribution in [0.15, 0.2) is 18.3 Å². The van der Waals surface area contributed by atoms with E-state index in [4.69, 9.17) is 5.11 Å². The van der Waals surface area contributed by atoms with Crippen molar-refractivity contribution in [3.63, 3.8) is 0 Å². The molecule has 1 N–H and O–H groups in total. The van der Waals surface area contributed by atoms with Gasteiger partial charge in [-0.05, 0) is 51.7 Å². The molecule has 0 amide bonds. The standard InChI is InChI=1S/C13H23N3O/c1-4-16(9-5-8-15(2)3)13-10-12(11-17)6-7-14-13/h6-7,10,17H,4-5,8-9,11H2,1-3H3. The van der Waals surface area contributed by atoms with E-state index in [9.17, 15) is 0 Å². The first-order chi connectivity index (χ1) is 8.17. The molecule has 0 saturated carbocycles. The van der Waals surface area contributed by atoms with Crippen molar-refractivity contribution < 1.29 is 5.11 Å². The van der Waals surface area contributed by atoms with Crippen LogP contribution < -0.4 is 4.90 Å². The summed E-state index contributed by atoms with van der Waals surface area (Å²) < 4.78 is 0. The van der Waals surface area contributed by atoms with Crippen LogP contribution in [0.4, 0.5) is 5.82 Å². The number of anilines is 1. The Hall–Kier alpha value is -1.13. The molecule has 0 aliphatic rings. The number of aromatic nitrogens is 1. The van der Waals surface area contributed by atoms with Crippen LogP contribution in [0.1, 0.15) is 18.9 Å². The van der Waals surface area contributed by atoms with Gasteiger partial charge in [0.25, 0.3) is 0 Å². The van der Waals surface area contributed by atoms with Crippen molar-refractivity contribution >= 4 is 5.82 Å². The van der Waals surface area contributed by atoms with Crippen molar-refractivity contribution in [3.05, 3.63) is 23.9 Å². The maximum absolute atomic E-state index is 9.11. The van der Waals surface area contributed by atoms with Crippen LogP contribution in [-0.2, 0) is 6.61 Å². The molecule has 0 aromatic carbocycles. The first-order valence-corrected chi connectivity index (χ1v) is 6.12. The molecule has 4 heteroatoms. The number of pyridine rings is 1. The summed E-state index contributed by atoms with van der Waals surface area (Å²) in [6.07, 6.45) is 2.88. The van der Waals surface area contributed by atoms with Crippen LogP contribution in [0, 0.1) is 0 Å². The third-order valence-corrected chi connectivity index (χ3v) is 2.73. The van der Waals surface area contributed by atoms with Crippen molar-refractivity contribution in [2.75, 3.05) is 38.6 Å². The minimum atomic E-state index is 0.0742. The van der Waals surface area contributed by atoms with Crippen LogP contribution in [-0.4, -0.2) is 48.7 Å². The van der Waals surface area contributed by atoms with Gasteiger partial charge in [-0.25, -0.2) is 4.98 Å². The summed E-state index contributed by atoms with van der Waals surface area (Å²) in [7, 11) is 4.17. The van der Waals surface area contributed by atoms with Gasteiger partial charge < -0.3 is 14.9 Å². The molecular formula is C13H23N3O. The fraction of sp³-hybridized carbons (Fsp3) is 0.615. The molecule has 0 aliphatic heterocycles. The smallest absolute Gasteiger partial charge is 0.128 e. The van der Waals surface area contributed by atoms with Gasteiger partial charge in [-0.1, -0.05) is 0 Å². The fourth-order valence-electron chi connectivity index (χ4n) is 1.74. The Morgan fingerprint density at radius 2 is 2.06 bits per heavy atom. The topological polar surface area (TPSA) is 39.6 Å². The van der Waals surface area contributed by atoms with Crippen LogP contribution >= 0.6 is 0 Å². The zero-order chi connectivity index (χ0) is 12.7. The highest BCUT2D eigenvalue weighted by molar-refractivity contribution is 5.40. The first kappa shape index (κ1) is 13.9. The maximum atomic E-state index is 9.11. The van der Waals surface area contributed by atoms with Crippen molar-refractivity contribution in [1.82, 2.24) is 9.88 Å². The largest absolute Gasteiger partial charge is 0.392 e. The summed E-state index contributed by atoms with van der Waals surface area (Å²) in [5.74, 6) is 0.956. The predicted molar refractivity (Wildman–Crippen MR) is 71.2 cm³/mol. The molecule has 1 aromatic heterocycles. The molecule has 0 aliphatic carbocycles. The molecule has 0 unspecified atom stereocenters. The second-order valence-corrected chi connectivity index (χ2v) is 4.42. The normalized spacial score (nSPS) is 10.9. The molecule has 0 atom stereocenters. The van der Waals surface area contributed by atoms with E-state index in [0.29, 0.717) is 0 Å². The highest BCUT2D eigenvalue weighted by Crippen LogP contribution is 2.12. The highest BCUT2D eigenvalue weighted by Gasteiger charge is 2.06. The van der Waals surface area contributed by atoms with E-state index in [2.05, 4.69) is 35.8 Å². The Morgan fingerprint density at radius 1 is 1.29 bits per heavy atom. The van der Waals surface area contributed by atoms with E-state index in [1.807, 2.05) is 12.1 Å². The average molecular weight is 237 g/mol. The predicted octanol–water partition coefficient (Wildman–Crippen LogP) is 1.35. The van der Waals surface area contributed by atoms with Gasteiger partial charge in [-0.3, -0.25) is 0 Å². The first-order valence-electron chi connectivity index (χ1n) is 6.12. The number of hydrogen-bond donors (Lipinski definition) is 1. The SMILES string of the molecule is CCN(CCCN(C)C)c1cc(CO)ccn1. The van der Waals surface area contributed by atoms with Crippen molar-refractivity contribution in [2.45, 2.75) is 20.0 Å². The number of aliphatic hydroxyl groups is 1. The molecular weight excluding hydrogens is 214 g/mol. The molecule has 4 nitrogen and oxygen atoms in total. The van der Waals surface area contributed by atoms with E-state index in [1.54, 1.807) is 6.20 Å². The lowest BCUT2D eigenvalue weighted by Crippen LogP contribution is -2.27. The Balaban J connectivity index is 2.59. The van der Waals surface area contributed by atoms with E-state index < -0.39 is 0 Å². The molecule has 0 bridgehead atoms.